The van der Waals surface area contributed by atoms with Gasteiger partial charge in [-0.2, -0.15) is 0 Å². The van der Waals surface area contributed by atoms with Gasteiger partial charge in [0.2, 0.25) is 0 Å². The van der Waals surface area contributed by atoms with Gasteiger partial charge in [0, 0.05) is 32.8 Å². The van der Waals surface area contributed by atoms with Gasteiger partial charge in [0.05, 0.1) is 13.2 Å². The van der Waals surface area contributed by atoms with Crippen molar-refractivity contribution in [3.8, 4) is 0 Å². The van der Waals surface area contributed by atoms with Gasteiger partial charge in [-0.25, -0.2) is 9.59 Å². The average Bonchev–Trinajstić information content (AvgIpc) is 2.62. The third kappa shape index (κ3) is 5.13. The minimum Gasteiger partial charge on any atom is -0.453 e. The second-order valence-electron chi connectivity index (χ2n) is 5.74. The summed E-state index contributed by atoms with van der Waals surface area (Å²) >= 11 is 0. The molecular weight excluding hydrogens is 310 g/mol. The van der Waals surface area contributed by atoms with Crippen molar-refractivity contribution in [2.45, 2.75) is 25.0 Å². The number of nitrogens with zero attached hydrogens (tertiary/aromatic N) is 1. The third-order valence-electron chi connectivity index (χ3n) is 4.09. The molecule has 1 saturated heterocycles. The number of nitrogens with one attached hydrogen (secondary N) is 2. The molecule has 0 saturated carbocycles. The Bertz CT molecular complexity index is 538. The average molecular weight is 335 g/mol. The maximum atomic E-state index is 12.1. The minimum atomic E-state index is -0.356. The maximum Gasteiger partial charge on any atom is 0.409 e. The standard InChI is InChI=1S/C17H25N3O4/c1-23-15(13-7-4-3-5-8-13)11-18-16(21)19-14-9-6-10-20(12-14)17(22)24-2/h3-5,7-8,14-15H,6,9-12H2,1-2H3,(H2,18,19,21)/t14-,15-/m1/s1. The van der Waals surface area contributed by atoms with Gasteiger partial charge in [-0.15, -0.1) is 0 Å². The predicted octanol–water partition coefficient (Wildman–Crippen LogP) is 1.90. The number of ether oxygens (including phenoxy) is 2. The lowest BCUT2D eigenvalue weighted by atomic mass is 10.1. The van der Waals surface area contributed by atoms with E-state index < -0.39 is 0 Å². The van der Waals surface area contributed by atoms with Crippen LogP contribution in [0.5, 0.6) is 0 Å². The molecule has 2 atom stereocenters. The molecule has 0 bridgehead atoms. The van der Waals surface area contributed by atoms with Crippen molar-refractivity contribution in [2.75, 3.05) is 33.9 Å². The molecule has 1 fully saturated rings. The molecule has 1 heterocycles. The van der Waals surface area contributed by atoms with Crippen LogP contribution in [-0.4, -0.2) is 56.9 Å². The quantitative estimate of drug-likeness (QED) is 0.861. The lowest BCUT2D eigenvalue weighted by Crippen LogP contribution is -2.52. The molecule has 7 nitrogen and oxygen atoms in total. The number of hydrogen-bond donors (Lipinski definition) is 2. The fourth-order valence-corrected chi connectivity index (χ4v) is 2.82. The highest BCUT2D eigenvalue weighted by molar-refractivity contribution is 5.74. The van der Waals surface area contributed by atoms with E-state index in [1.165, 1.54) is 7.11 Å². The monoisotopic (exact) mass is 335 g/mol. The number of piperidine rings is 1. The highest BCUT2D eigenvalue weighted by Gasteiger charge is 2.25. The number of benzene rings is 1. The molecule has 2 rings (SSSR count). The topological polar surface area (TPSA) is 79.9 Å². The van der Waals surface area contributed by atoms with Gasteiger partial charge in [-0.1, -0.05) is 30.3 Å². The Labute approximate surface area is 142 Å². The summed E-state index contributed by atoms with van der Waals surface area (Å²) in [6, 6.07) is 9.40. The summed E-state index contributed by atoms with van der Waals surface area (Å²) in [5, 5.41) is 5.73. The van der Waals surface area contributed by atoms with Crippen LogP contribution in [0, 0.1) is 0 Å². The summed E-state index contributed by atoms with van der Waals surface area (Å²) < 4.78 is 10.2. The van der Waals surface area contributed by atoms with E-state index in [4.69, 9.17) is 9.47 Å². The van der Waals surface area contributed by atoms with E-state index in [0.29, 0.717) is 19.6 Å². The molecule has 1 aliphatic rings. The van der Waals surface area contributed by atoms with E-state index in [-0.39, 0.29) is 24.3 Å². The van der Waals surface area contributed by atoms with Crippen LogP contribution in [0.3, 0.4) is 0 Å². The van der Waals surface area contributed by atoms with Crippen LogP contribution in [0.1, 0.15) is 24.5 Å². The number of rotatable bonds is 5. The number of amides is 3. The first-order chi connectivity index (χ1) is 11.6. The molecular formula is C17H25N3O4. The summed E-state index contributed by atoms with van der Waals surface area (Å²) in [6.45, 7) is 1.50. The third-order valence-corrected chi connectivity index (χ3v) is 4.09. The first-order valence-electron chi connectivity index (χ1n) is 8.09. The van der Waals surface area contributed by atoms with Gasteiger partial charge in [-0.3, -0.25) is 0 Å². The Morgan fingerprint density at radius 1 is 1.29 bits per heavy atom. The van der Waals surface area contributed by atoms with Crippen molar-refractivity contribution in [2.24, 2.45) is 0 Å². The van der Waals surface area contributed by atoms with Crippen LogP contribution >= 0.6 is 0 Å². The lowest BCUT2D eigenvalue weighted by Gasteiger charge is -2.32. The first kappa shape index (κ1) is 18.1. The molecule has 1 aromatic carbocycles. The van der Waals surface area contributed by atoms with Gasteiger partial charge in [0.15, 0.2) is 0 Å². The Kier molecular flexibility index (Phi) is 6.87. The second kappa shape index (κ2) is 9.12. The normalized spacial score (nSPS) is 18.6. The minimum absolute atomic E-state index is 0.0735. The first-order valence-corrected chi connectivity index (χ1v) is 8.09. The number of carbonyl (C=O) groups excluding carboxylic acids is 2. The predicted molar refractivity (Wildman–Crippen MR) is 89.7 cm³/mol. The van der Waals surface area contributed by atoms with Gasteiger partial charge >= 0.3 is 12.1 Å². The van der Waals surface area contributed by atoms with Crippen molar-refractivity contribution >= 4 is 12.1 Å². The molecule has 2 N–H and O–H groups in total. The Balaban J connectivity index is 1.79. The van der Waals surface area contributed by atoms with E-state index >= 15 is 0 Å². The molecule has 1 aliphatic heterocycles. The molecule has 7 heteroatoms. The van der Waals surface area contributed by atoms with Gasteiger partial charge < -0.3 is 25.0 Å². The smallest absolute Gasteiger partial charge is 0.409 e. The molecule has 0 spiro atoms. The fourth-order valence-electron chi connectivity index (χ4n) is 2.82. The van der Waals surface area contributed by atoms with Crippen LogP contribution in [-0.2, 0) is 9.47 Å². The summed E-state index contributed by atoms with van der Waals surface area (Å²) in [4.78, 5) is 25.3. The summed E-state index contributed by atoms with van der Waals surface area (Å²) in [5.74, 6) is 0. The summed E-state index contributed by atoms with van der Waals surface area (Å²) in [6.07, 6.45) is 1.12. The van der Waals surface area contributed by atoms with Crippen molar-refractivity contribution < 1.29 is 19.1 Å². The van der Waals surface area contributed by atoms with E-state index in [1.807, 2.05) is 30.3 Å². The number of hydrogen-bond acceptors (Lipinski definition) is 4. The highest BCUT2D eigenvalue weighted by atomic mass is 16.5. The SMILES string of the molecule is COC(=O)N1CCC[C@@H](NC(=O)NC[C@@H](OC)c2ccccc2)C1. The van der Waals surface area contributed by atoms with Crippen molar-refractivity contribution in [1.29, 1.82) is 0 Å². The molecule has 3 amide bonds. The van der Waals surface area contributed by atoms with Crippen molar-refractivity contribution in [1.82, 2.24) is 15.5 Å². The van der Waals surface area contributed by atoms with Gasteiger partial charge in [-0.05, 0) is 18.4 Å². The molecule has 24 heavy (non-hydrogen) atoms. The Hall–Kier alpha value is -2.28. The van der Waals surface area contributed by atoms with Crippen LogP contribution in [0.25, 0.3) is 0 Å². The maximum absolute atomic E-state index is 12.1. The highest BCUT2D eigenvalue weighted by Crippen LogP contribution is 2.15. The number of carbonyl (C=O) groups is 2. The largest absolute Gasteiger partial charge is 0.453 e. The number of likely N-dealkylation sites (tertiary alicyclic amines) is 1. The molecule has 132 valence electrons. The van der Waals surface area contributed by atoms with E-state index in [0.717, 1.165) is 18.4 Å². The van der Waals surface area contributed by atoms with Crippen LogP contribution in [0.15, 0.2) is 30.3 Å². The Morgan fingerprint density at radius 2 is 2.04 bits per heavy atom. The molecule has 1 aromatic rings. The van der Waals surface area contributed by atoms with Crippen LogP contribution < -0.4 is 10.6 Å². The van der Waals surface area contributed by atoms with E-state index in [1.54, 1.807) is 12.0 Å². The summed E-state index contributed by atoms with van der Waals surface area (Å²) in [7, 11) is 2.98. The lowest BCUT2D eigenvalue weighted by molar-refractivity contribution is 0.101. The zero-order chi connectivity index (χ0) is 17.4. The van der Waals surface area contributed by atoms with Crippen molar-refractivity contribution in [3.05, 3.63) is 35.9 Å². The Morgan fingerprint density at radius 3 is 2.71 bits per heavy atom. The number of methoxy groups -OCH3 is 2. The van der Waals surface area contributed by atoms with E-state index in [9.17, 15) is 9.59 Å². The second-order valence-corrected chi connectivity index (χ2v) is 5.74. The van der Waals surface area contributed by atoms with Crippen LogP contribution in [0.4, 0.5) is 9.59 Å². The molecule has 0 radical (unpaired) electrons. The van der Waals surface area contributed by atoms with E-state index in [2.05, 4.69) is 10.6 Å². The van der Waals surface area contributed by atoms with Gasteiger partial charge in [0.25, 0.3) is 0 Å². The molecule has 0 aliphatic carbocycles. The molecule has 0 unspecified atom stereocenters. The van der Waals surface area contributed by atoms with Crippen molar-refractivity contribution in [3.63, 3.8) is 0 Å². The van der Waals surface area contributed by atoms with Gasteiger partial charge in [0.1, 0.15) is 0 Å². The molecule has 0 aromatic heterocycles. The zero-order valence-electron chi connectivity index (χ0n) is 14.2. The fraction of sp³-hybridized carbons (Fsp3) is 0.529. The van der Waals surface area contributed by atoms with Crippen LogP contribution in [0.2, 0.25) is 0 Å². The number of urea groups is 1. The summed E-state index contributed by atoms with van der Waals surface area (Å²) in [5.41, 5.74) is 1.01. The zero-order valence-corrected chi connectivity index (χ0v) is 14.2.